The Morgan fingerprint density at radius 1 is 1.22 bits per heavy atom. The minimum Gasteiger partial charge on any atom is -0.346 e. The van der Waals surface area contributed by atoms with Crippen molar-refractivity contribution in [2.24, 2.45) is 0 Å². The van der Waals surface area contributed by atoms with Gasteiger partial charge >= 0.3 is 0 Å². The molecule has 23 heavy (non-hydrogen) atoms. The van der Waals surface area contributed by atoms with Crippen LogP contribution in [-0.4, -0.2) is 15.5 Å². The number of aromatic nitrogens is 2. The highest BCUT2D eigenvalue weighted by Crippen LogP contribution is 2.11. The van der Waals surface area contributed by atoms with E-state index >= 15 is 0 Å². The van der Waals surface area contributed by atoms with Crippen molar-refractivity contribution >= 4 is 5.91 Å². The van der Waals surface area contributed by atoms with Gasteiger partial charge in [-0.15, -0.1) is 0 Å². The molecule has 1 amide bonds. The van der Waals surface area contributed by atoms with Crippen molar-refractivity contribution in [3.8, 4) is 5.69 Å². The zero-order chi connectivity index (χ0) is 16.2. The average Bonchev–Trinajstić information content (AvgIpc) is 3.05. The molecular formula is C18H16FN3O. The number of hydrogen-bond donors (Lipinski definition) is 1. The number of para-hydroxylation sites is 1. The van der Waals surface area contributed by atoms with E-state index in [-0.39, 0.29) is 18.3 Å². The molecule has 1 aromatic heterocycles. The molecule has 1 N–H and O–H groups in total. The normalized spacial score (nSPS) is 10.5. The van der Waals surface area contributed by atoms with Gasteiger partial charge in [-0.3, -0.25) is 4.79 Å². The Balaban J connectivity index is 1.68. The summed E-state index contributed by atoms with van der Waals surface area (Å²) in [5, 5.41) is 2.69. The molecule has 0 spiro atoms. The molecule has 1 heterocycles. The van der Waals surface area contributed by atoms with E-state index in [9.17, 15) is 9.18 Å². The van der Waals surface area contributed by atoms with Gasteiger partial charge in [-0.2, -0.15) is 0 Å². The number of nitrogens with one attached hydrogen (secondary N) is 1. The lowest BCUT2D eigenvalue weighted by atomic mass is 10.1. The minimum absolute atomic E-state index is 0.128. The SMILES string of the molecule is Cc1ccc(CNC(=O)c2cn(-c3ccccc3)cn2)c(F)c1. The summed E-state index contributed by atoms with van der Waals surface area (Å²) >= 11 is 0. The number of halogens is 1. The second-order valence-corrected chi connectivity index (χ2v) is 5.28. The van der Waals surface area contributed by atoms with Gasteiger partial charge in [-0.25, -0.2) is 9.37 Å². The maximum atomic E-state index is 13.8. The third-order valence-corrected chi connectivity index (χ3v) is 3.52. The van der Waals surface area contributed by atoms with Gasteiger partial charge in [0.05, 0.1) is 0 Å². The van der Waals surface area contributed by atoms with Crippen LogP contribution in [0.15, 0.2) is 61.1 Å². The second kappa shape index (κ2) is 6.44. The fourth-order valence-corrected chi connectivity index (χ4v) is 2.24. The minimum atomic E-state index is -0.334. The van der Waals surface area contributed by atoms with Crippen LogP contribution >= 0.6 is 0 Å². The number of benzene rings is 2. The summed E-state index contributed by atoms with van der Waals surface area (Å²) in [6, 6.07) is 14.5. The van der Waals surface area contributed by atoms with Crippen molar-refractivity contribution in [1.82, 2.24) is 14.9 Å². The summed E-state index contributed by atoms with van der Waals surface area (Å²) < 4.78 is 15.5. The first-order valence-electron chi connectivity index (χ1n) is 7.26. The van der Waals surface area contributed by atoms with Gasteiger partial charge in [-0.05, 0) is 30.7 Å². The van der Waals surface area contributed by atoms with Crippen molar-refractivity contribution in [3.63, 3.8) is 0 Å². The lowest BCUT2D eigenvalue weighted by Crippen LogP contribution is -2.23. The fraction of sp³-hybridized carbons (Fsp3) is 0.111. The van der Waals surface area contributed by atoms with Gasteiger partial charge in [0.15, 0.2) is 0 Å². The first-order chi connectivity index (χ1) is 11.1. The molecule has 0 aliphatic heterocycles. The Morgan fingerprint density at radius 2 is 2.00 bits per heavy atom. The van der Waals surface area contributed by atoms with E-state index in [1.165, 1.54) is 6.07 Å². The number of aryl methyl sites for hydroxylation is 1. The quantitative estimate of drug-likeness (QED) is 0.804. The van der Waals surface area contributed by atoms with Crippen LogP contribution in [0.4, 0.5) is 4.39 Å². The maximum Gasteiger partial charge on any atom is 0.271 e. The first kappa shape index (κ1) is 15.0. The molecule has 5 heteroatoms. The zero-order valence-electron chi connectivity index (χ0n) is 12.7. The average molecular weight is 309 g/mol. The third kappa shape index (κ3) is 3.45. The van der Waals surface area contributed by atoms with Crippen molar-refractivity contribution in [2.75, 3.05) is 0 Å². The summed E-state index contributed by atoms with van der Waals surface area (Å²) in [5.74, 6) is -0.653. The van der Waals surface area contributed by atoms with E-state index in [2.05, 4.69) is 10.3 Å². The Hall–Kier alpha value is -2.95. The predicted octanol–water partition coefficient (Wildman–Crippen LogP) is 3.25. The molecule has 0 aliphatic carbocycles. The largest absolute Gasteiger partial charge is 0.346 e. The molecule has 3 aromatic rings. The summed E-state index contributed by atoms with van der Waals surface area (Å²) in [6.45, 7) is 1.95. The molecule has 0 bridgehead atoms. The fourth-order valence-electron chi connectivity index (χ4n) is 2.24. The number of carbonyl (C=O) groups excluding carboxylic acids is 1. The van der Waals surface area contributed by atoms with E-state index in [1.807, 2.05) is 43.3 Å². The highest BCUT2D eigenvalue weighted by Gasteiger charge is 2.11. The lowest BCUT2D eigenvalue weighted by Gasteiger charge is -2.05. The number of rotatable bonds is 4. The Bertz CT molecular complexity index is 827. The van der Waals surface area contributed by atoms with E-state index in [1.54, 1.807) is 23.2 Å². The molecule has 0 saturated carbocycles. The van der Waals surface area contributed by atoms with Gasteiger partial charge in [0.25, 0.3) is 5.91 Å². The number of amides is 1. The molecule has 3 rings (SSSR count). The van der Waals surface area contributed by atoms with Crippen LogP contribution in [0.5, 0.6) is 0 Å². The van der Waals surface area contributed by atoms with Gasteiger partial charge < -0.3 is 9.88 Å². The molecule has 0 fully saturated rings. The molecule has 0 saturated heterocycles. The van der Waals surface area contributed by atoms with Crippen LogP contribution in [0.25, 0.3) is 5.69 Å². The van der Waals surface area contributed by atoms with E-state index in [0.717, 1.165) is 11.3 Å². The van der Waals surface area contributed by atoms with E-state index < -0.39 is 0 Å². The smallest absolute Gasteiger partial charge is 0.271 e. The van der Waals surface area contributed by atoms with Crippen LogP contribution in [0.2, 0.25) is 0 Å². The third-order valence-electron chi connectivity index (χ3n) is 3.52. The van der Waals surface area contributed by atoms with Crippen molar-refractivity contribution < 1.29 is 9.18 Å². The number of hydrogen-bond acceptors (Lipinski definition) is 2. The van der Waals surface area contributed by atoms with Gasteiger partial charge in [0, 0.05) is 24.0 Å². The van der Waals surface area contributed by atoms with E-state index in [4.69, 9.17) is 0 Å². The van der Waals surface area contributed by atoms with E-state index in [0.29, 0.717) is 11.3 Å². The Kier molecular flexibility index (Phi) is 4.19. The van der Waals surface area contributed by atoms with Crippen molar-refractivity contribution in [3.05, 3.63) is 83.7 Å². The Labute approximate surface area is 133 Å². The number of imidazole rings is 1. The number of nitrogens with zero attached hydrogens (tertiary/aromatic N) is 2. The molecule has 0 radical (unpaired) electrons. The Morgan fingerprint density at radius 3 is 2.74 bits per heavy atom. The first-order valence-corrected chi connectivity index (χ1v) is 7.26. The summed E-state index contributed by atoms with van der Waals surface area (Å²) in [7, 11) is 0. The molecule has 2 aromatic carbocycles. The molecule has 0 aliphatic rings. The van der Waals surface area contributed by atoms with Crippen LogP contribution in [0.3, 0.4) is 0 Å². The summed E-state index contributed by atoms with van der Waals surface area (Å²) in [6.07, 6.45) is 3.23. The molecule has 4 nitrogen and oxygen atoms in total. The van der Waals surface area contributed by atoms with Gasteiger partial charge in [-0.1, -0.05) is 30.3 Å². The monoisotopic (exact) mass is 309 g/mol. The van der Waals surface area contributed by atoms with Crippen LogP contribution in [0.1, 0.15) is 21.6 Å². The van der Waals surface area contributed by atoms with Crippen molar-refractivity contribution in [2.45, 2.75) is 13.5 Å². The number of carbonyl (C=O) groups is 1. The summed E-state index contributed by atoms with van der Waals surface area (Å²) in [4.78, 5) is 16.2. The van der Waals surface area contributed by atoms with Crippen LogP contribution < -0.4 is 5.32 Å². The molecule has 0 unspecified atom stereocenters. The summed E-state index contributed by atoms with van der Waals surface area (Å²) in [5.41, 5.74) is 2.51. The predicted molar refractivity (Wildman–Crippen MR) is 85.9 cm³/mol. The van der Waals surface area contributed by atoms with Gasteiger partial charge in [0.1, 0.15) is 17.8 Å². The second-order valence-electron chi connectivity index (χ2n) is 5.28. The van der Waals surface area contributed by atoms with Gasteiger partial charge in [0.2, 0.25) is 0 Å². The highest BCUT2D eigenvalue weighted by atomic mass is 19.1. The highest BCUT2D eigenvalue weighted by molar-refractivity contribution is 5.92. The lowest BCUT2D eigenvalue weighted by molar-refractivity contribution is 0.0946. The topological polar surface area (TPSA) is 46.9 Å². The molecular weight excluding hydrogens is 293 g/mol. The zero-order valence-corrected chi connectivity index (χ0v) is 12.7. The van der Waals surface area contributed by atoms with Crippen molar-refractivity contribution in [1.29, 1.82) is 0 Å². The molecule has 0 atom stereocenters. The van der Waals surface area contributed by atoms with Crippen LogP contribution in [-0.2, 0) is 6.54 Å². The molecule has 116 valence electrons. The van der Waals surface area contributed by atoms with Crippen LogP contribution in [0, 0.1) is 12.7 Å². The standard InChI is InChI=1S/C18H16FN3O/c1-13-7-8-14(16(19)9-13)10-20-18(23)17-11-22(12-21-17)15-5-3-2-4-6-15/h2-9,11-12H,10H2,1H3,(H,20,23). The maximum absolute atomic E-state index is 13.8.